The number of oxazole rings is 1. The molecule has 0 unspecified atom stereocenters. The lowest BCUT2D eigenvalue weighted by atomic mass is 10.1. The summed E-state index contributed by atoms with van der Waals surface area (Å²) in [6.07, 6.45) is 1.70. The van der Waals surface area contributed by atoms with Gasteiger partial charge in [-0.3, -0.25) is 0 Å². The molecule has 0 spiro atoms. The van der Waals surface area contributed by atoms with E-state index < -0.39 is 0 Å². The normalized spacial score (nSPS) is 10.8. The molecular weight excluding hydrogens is 228 g/mol. The van der Waals surface area contributed by atoms with Crippen molar-refractivity contribution in [2.45, 2.75) is 6.92 Å². The molecule has 0 aliphatic carbocycles. The van der Waals surface area contributed by atoms with Crippen molar-refractivity contribution in [3.63, 3.8) is 0 Å². The maximum absolute atomic E-state index is 5.70. The van der Waals surface area contributed by atoms with Gasteiger partial charge in [-0.2, -0.15) is 4.98 Å². The van der Waals surface area contributed by atoms with Crippen LogP contribution in [0.3, 0.4) is 0 Å². The van der Waals surface area contributed by atoms with Crippen molar-refractivity contribution in [2.24, 2.45) is 0 Å². The predicted octanol–water partition coefficient (Wildman–Crippen LogP) is 3.21. The second kappa shape index (κ2) is 4.14. The molecule has 1 aromatic carbocycles. The highest BCUT2D eigenvalue weighted by Crippen LogP contribution is 2.31. The van der Waals surface area contributed by atoms with Crippen molar-refractivity contribution in [1.82, 2.24) is 9.97 Å². The highest BCUT2D eigenvalue weighted by molar-refractivity contribution is 5.74. The van der Waals surface area contributed by atoms with Crippen LogP contribution in [0.4, 0.5) is 0 Å². The van der Waals surface area contributed by atoms with Crippen LogP contribution in [0.2, 0.25) is 0 Å². The van der Waals surface area contributed by atoms with E-state index in [-0.39, 0.29) is 0 Å². The first-order valence-electron chi connectivity index (χ1n) is 5.64. The molecular formula is C14H12N2O2. The topological polar surface area (TPSA) is 48.2 Å². The summed E-state index contributed by atoms with van der Waals surface area (Å²) >= 11 is 0. The summed E-state index contributed by atoms with van der Waals surface area (Å²) < 4.78 is 11.0. The van der Waals surface area contributed by atoms with Gasteiger partial charge in [-0.25, -0.2) is 4.98 Å². The van der Waals surface area contributed by atoms with Gasteiger partial charge in [0.15, 0.2) is 11.2 Å². The van der Waals surface area contributed by atoms with E-state index >= 15 is 0 Å². The number of aromatic nitrogens is 2. The SMILES string of the molecule is COc1ccc(C)cc1-c1nc2ncccc2o1. The van der Waals surface area contributed by atoms with Crippen molar-refractivity contribution in [3.05, 3.63) is 42.1 Å². The van der Waals surface area contributed by atoms with E-state index in [1.807, 2.05) is 37.3 Å². The van der Waals surface area contributed by atoms with Gasteiger partial charge in [-0.15, -0.1) is 0 Å². The molecule has 3 rings (SSSR count). The number of ether oxygens (including phenoxy) is 1. The first-order valence-corrected chi connectivity index (χ1v) is 5.64. The molecule has 4 heteroatoms. The van der Waals surface area contributed by atoms with Crippen LogP contribution in [0.5, 0.6) is 5.75 Å². The van der Waals surface area contributed by atoms with Crippen LogP contribution >= 0.6 is 0 Å². The summed E-state index contributed by atoms with van der Waals surface area (Å²) in [5.41, 5.74) is 3.25. The van der Waals surface area contributed by atoms with Gasteiger partial charge < -0.3 is 9.15 Å². The third kappa shape index (κ3) is 1.72. The van der Waals surface area contributed by atoms with Crippen molar-refractivity contribution in [2.75, 3.05) is 7.11 Å². The van der Waals surface area contributed by atoms with Gasteiger partial charge in [0.1, 0.15) is 5.75 Å². The number of aryl methyl sites for hydroxylation is 1. The fraction of sp³-hybridized carbons (Fsp3) is 0.143. The molecule has 0 saturated heterocycles. The van der Waals surface area contributed by atoms with E-state index in [1.165, 1.54) is 0 Å². The van der Waals surface area contributed by atoms with Crippen LogP contribution in [-0.4, -0.2) is 17.1 Å². The van der Waals surface area contributed by atoms with Crippen molar-refractivity contribution < 1.29 is 9.15 Å². The quantitative estimate of drug-likeness (QED) is 0.690. The zero-order valence-corrected chi connectivity index (χ0v) is 10.2. The Morgan fingerprint density at radius 1 is 1.22 bits per heavy atom. The summed E-state index contributed by atoms with van der Waals surface area (Å²) in [6, 6.07) is 9.56. The average Bonchev–Trinajstić information content (AvgIpc) is 2.82. The van der Waals surface area contributed by atoms with E-state index in [1.54, 1.807) is 13.3 Å². The van der Waals surface area contributed by atoms with Gasteiger partial charge >= 0.3 is 0 Å². The second-order valence-electron chi connectivity index (χ2n) is 4.05. The monoisotopic (exact) mass is 240 g/mol. The smallest absolute Gasteiger partial charge is 0.232 e. The number of rotatable bonds is 2. The molecule has 4 nitrogen and oxygen atoms in total. The Kier molecular flexibility index (Phi) is 2.48. The van der Waals surface area contributed by atoms with Crippen LogP contribution in [0.1, 0.15) is 5.56 Å². The van der Waals surface area contributed by atoms with E-state index in [9.17, 15) is 0 Å². The maximum atomic E-state index is 5.70. The molecule has 0 bridgehead atoms. The fourth-order valence-corrected chi connectivity index (χ4v) is 1.87. The molecule has 0 saturated carbocycles. The van der Waals surface area contributed by atoms with Crippen LogP contribution < -0.4 is 4.74 Å². The van der Waals surface area contributed by atoms with E-state index in [0.29, 0.717) is 17.1 Å². The standard InChI is InChI=1S/C14H12N2O2/c1-9-5-6-11(17-2)10(8-9)14-16-13-12(18-14)4-3-7-15-13/h3-8H,1-2H3. The van der Waals surface area contributed by atoms with Crippen molar-refractivity contribution in [1.29, 1.82) is 0 Å². The number of hydrogen-bond acceptors (Lipinski definition) is 4. The summed E-state index contributed by atoms with van der Waals surface area (Å²) in [7, 11) is 1.63. The predicted molar refractivity (Wildman–Crippen MR) is 68.5 cm³/mol. The summed E-state index contributed by atoms with van der Waals surface area (Å²) in [6.45, 7) is 2.02. The van der Waals surface area contributed by atoms with Gasteiger partial charge in [0.05, 0.1) is 12.7 Å². The minimum Gasteiger partial charge on any atom is -0.496 e. The highest BCUT2D eigenvalue weighted by Gasteiger charge is 2.13. The Bertz CT molecular complexity index is 671. The number of hydrogen-bond donors (Lipinski definition) is 0. The summed E-state index contributed by atoms with van der Waals surface area (Å²) in [4.78, 5) is 8.53. The molecule has 3 aromatic rings. The Labute approximate surface area is 104 Å². The second-order valence-corrected chi connectivity index (χ2v) is 4.05. The fourth-order valence-electron chi connectivity index (χ4n) is 1.87. The number of fused-ring (bicyclic) bond motifs is 1. The summed E-state index contributed by atoms with van der Waals surface area (Å²) in [5.74, 6) is 1.27. The Morgan fingerprint density at radius 2 is 2.11 bits per heavy atom. The number of pyridine rings is 1. The zero-order valence-electron chi connectivity index (χ0n) is 10.2. The van der Waals surface area contributed by atoms with Gasteiger partial charge in [-0.1, -0.05) is 11.6 Å². The van der Waals surface area contributed by atoms with Crippen LogP contribution in [0, 0.1) is 6.92 Å². The van der Waals surface area contributed by atoms with Gasteiger partial charge in [0, 0.05) is 6.20 Å². The molecule has 0 atom stereocenters. The van der Waals surface area contributed by atoms with E-state index in [0.717, 1.165) is 16.9 Å². The molecule has 18 heavy (non-hydrogen) atoms. The lowest BCUT2D eigenvalue weighted by molar-refractivity contribution is 0.414. The first kappa shape index (κ1) is 10.8. The zero-order chi connectivity index (χ0) is 12.5. The van der Waals surface area contributed by atoms with Crippen LogP contribution in [-0.2, 0) is 0 Å². The first-order chi connectivity index (χ1) is 8.78. The Morgan fingerprint density at radius 3 is 2.89 bits per heavy atom. The minimum atomic E-state index is 0.532. The molecule has 0 aliphatic rings. The number of benzene rings is 1. The molecule has 0 aliphatic heterocycles. The maximum Gasteiger partial charge on any atom is 0.232 e. The minimum absolute atomic E-state index is 0.532. The molecule has 0 amide bonds. The van der Waals surface area contributed by atoms with Crippen molar-refractivity contribution in [3.8, 4) is 17.2 Å². The van der Waals surface area contributed by atoms with Gasteiger partial charge in [0.2, 0.25) is 5.89 Å². The lowest BCUT2D eigenvalue weighted by Crippen LogP contribution is -1.88. The Balaban J connectivity index is 2.22. The third-order valence-electron chi connectivity index (χ3n) is 2.75. The average molecular weight is 240 g/mol. The molecule has 90 valence electrons. The third-order valence-corrected chi connectivity index (χ3v) is 2.75. The molecule has 2 heterocycles. The molecule has 0 fully saturated rings. The lowest BCUT2D eigenvalue weighted by Gasteiger charge is -2.05. The highest BCUT2D eigenvalue weighted by atomic mass is 16.5. The number of methoxy groups -OCH3 is 1. The summed E-state index contributed by atoms with van der Waals surface area (Å²) in [5, 5.41) is 0. The van der Waals surface area contributed by atoms with Crippen LogP contribution in [0.15, 0.2) is 40.9 Å². The van der Waals surface area contributed by atoms with Crippen LogP contribution in [0.25, 0.3) is 22.7 Å². The molecule has 2 aromatic heterocycles. The van der Waals surface area contributed by atoms with Gasteiger partial charge in [0.25, 0.3) is 0 Å². The largest absolute Gasteiger partial charge is 0.496 e. The molecule has 0 radical (unpaired) electrons. The number of nitrogens with zero attached hydrogens (tertiary/aromatic N) is 2. The van der Waals surface area contributed by atoms with Crippen molar-refractivity contribution >= 4 is 11.2 Å². The Hall–Kier alpha value is -2.36. The van der Waals surface area contributed by atoms with E-state index in [4.69, 9.17) is 9.15 Å². The van der Waals surface area contributed by atoms with E-state index in [2.05, 4.69) is 9.97 Å². The van der Waals surface area contributed by atoms with Gasteiger partial charge in [-0.05, 0) is 31.2 Å². The molecule has 0 N–H and O–H groups in total.